The number of rotatable bonds is 1. The summed E-state index contributed by atoms with van der Waals surface area (Å²) in [6.07, 6.45) is 1.41. The van der Waals surface area contributed by atoms with Crippen LogP contribution in [-0.2, 0) is 4.79 Å². The Morgan fingerprint density at radius 1 is 1.38 bits per heavy atom. The highest BCUT2D eigenvalue weighted by Crippen LogP contribution is 2.20. The van der Waals surface area contributed by atoms with Gasteiger partial charge in [-0.3, -0.25) is 0 Å². The van der Waals surface area contributed by atoms with Crippen LogP contribution in [0.4, 0.5) is 10.2 Å². The molecule has 0 aliphatic rings. The van der Waals surface area contributed by atoms with Crippen molar-refractivity contribution < 1.29 is 9.18 Å². The summed E-state index contributed by atoms with van der Waals surface area (Å²) in [6, 6.07) is 5.97. The Balaban J connectivity index is 2.68. The molecule has 3 nitrogen and oxygen atoms in total. The Hall–Kier alpha value is -1.93. The lowest BCUT2D eigenvalue weighted by atomic mass is 10.2. The number of aromatic nitrogens is 1. The highest BCUT2D eigenvalue weighted by atomic mass is 19.1. The number of aromatic amines is 1. The summed E-state index contributed by atoms with van der Waals surface area (Å²) in [4.78, 5) is 16.1. The van der Waals surface area contributed by atoms with Crippen LogP contribution in [0.15, 0.2) is 29.3 Å². The van der Waals surface area contributed by atoms with Crippen LogP contribution in [0.25, 0.3) is 10.9 Å². The Morgan fingerprint density at radius 3 is 3.00 bits per heavy atom. The van der Waals surface area contributed by atoms with Crippen molar-refractivity contribution in [2.75, 3.05) is 0 Å². The van der Waals surface area contributed by atoms with Gasteiger partial charge in [-0.05, 0) is 24.3 Å². The third kappa shape index (κ3) is 1.35. The number of fused-ring (bicyclic) bond motifs is 1. The van der Waals surface area contributed by atoms with Gasteiger partial charge in [-0.25, -0.2) is 9.18 Å². The minimum atomic E-state index is -0.323. The van der Waals surface area contributed by atoms with Crippen molar-refractivity contribution in [1.82, 2.24) is 4.98 Å². The van der Waals surface area contributed by atoms with E-state index in [0.717, 1.165) is 5.39 Å². The standard InChI is InChI=1S/C9H5FN2O/c10-7-2-1-6-3-9(11-5-13)12-8(6)4-7/h1-4,12H. The number of nitrogens with one attached hydrogen (secondary N) is 1. The first kappa shape index (κ1) is 7.71. The van der Waals surface area contributed by atoms with Crippen molar-refractivity contribution in [3.63, 3.8) is 0 Å². The third-order valence-electron chi connectivity index (χ3n) is 1.74. The fraction of sp³-hybridized carbons (Fsp3) is 0. The molecule has 0 atom stereocenters. The molecule has 0 unspecified atom stereocenters. The van der Waals surface area contributed by atoms with Crippen molar-refractivity contribution in [3.05, 3.63) is 30.1 Å². The van der Waals surface area contributed by atoms with Gasteiger partial charge in [0.1, 0.15) is 11.6 Å². The van der Waals surface area contributed by atoms with Crippen LogP contribution in [0.3, 0.4) is 0 Å². The molecule has 1 aromatic carbocycles. The van der Waals surface area contributed by atoms with Gasteiger partial charge in [0.05, 0.1) is 0 Å². The van der Waals surface area contributed by atoms with E-state index in [4.69, 9.17) is 0 Å². The number of halogens is 1. The predicted molar refractivity (Wildman–Crippen MR) is 46.0 cm³/mol. The van der Waals surface area contributed by atoms with Gasteiger partial charge in [0.15, 0.2) is 0 Å². The van der Waals surface area contributed by atoms with Crippen LogP contribution in [0.2, 0.25) is 0 Å². The average molecular weight is 176 g/mol. The first-order valence-electron chi connectivity index (χ1n) is 3.66. The molecular weight excluding hydrogens is 171 g/mol. The van der Waals surface area contributed by atoms with E-state index in [2.05, 4.69) is 9.98 Å². The first-order chi connectivity index (χ1) is 6.29. The van der Waals surface area contributed by atoms with Gasteiger partial charge in [-0.2, -0.15) is 0 Å². The zero-order valence-electron chi connectivity index (χ0n) is 6.54. The summed E-state index contributed by atoms with van der Waals surface area (Å²) in [5, 5.41) is 0.815. The smallest absolute Gasteiger partial charge is 0.242 e. The van der Waals surface area contributed by atoms with Crippen molar-refractivity contribution >= 4 is 22.8 Å². The van der Waals surface area contributed by atoms with E-state index in [0.29, 0.717) is 11.3 Å². The number of H-pyrrole nitrogens is 1. The normalized spacial score (nSPS) is 9.92. The quantitative estimate of drug-likeness (QED) is 0.525. The number of carbonyl (C=O) groups excluding carboxylic acids is 1. The molecule has 0 spiro atoms. The molecule has 2 rings (SSSR count). The fourth-order valence-electron chi connectivity index (χ4n) is 1.19. The summed E-state index contributed by atoms with van der Waals surface area (Å²) in [6.45, 7) is 0. The van der Waals surface area contributed by atoms with E-state index in [9.17, 15) is 9.18 Å². The molecule has 0 aliphatic carbocycles. The van der Waals surface area contributed by atoms with E-state index in [1.54, 1.807) is 12.1 Å². The molecule has 64 valence electrons. The first-order valence-corrected chi connectivity index (χ1v) is 3.66. The maximum atomic E-state index is 12.7. The Morgan fingerprint density at radius 2 is 2.23 bits per heavy atom. The van der Waals surface area contributed by atoms with Crippen LogP contribution in [0.1, 0.15) is 0 Å². The number of benzene rings is 1. The summed E-state index contributed by atoms with van der Waals surface area (Å²) < 4.78 is 12.7. The lowest BCUT2D eigenvalue weighted by Gasteiger charge is -1.87. The van der Waals surface area contributed by atoms with Crippen LogP contribution in [-0.4, -0.2) is 11.1 Å². The maximum Gasteiger partial charge on any atom is 0.242 e. The predicted octanol–water partition coefficient (Wildman–Crippen LogP) is 2.27. The summed E-state index contributed by atoms with van der Waals surface area (Å²) in [5.41, 5.74) is 0.619. The molecule has 0 fully saturated rings. The van der Waals surface area contributed by atoms with Crippen molar-refractivity contribution in [2.24, 2.45) is 4.99 Å². The second-order valence-electron chi connectivity index (χ2n) is 2.59. The molecule has 0 amide bonds. The van der Waals surface area contributed by atoms with Gasteiger partial charge in [-0.15, -0.1) is 4.99 Å². The van der Waals surface area contributed by atoms with Gasteiger partial charge in [0.2, 0.25) is 6.08 Å². The minimum absolute atomic E-state index is 0.323. The molecule has 1 heterocycles. The molecular formula is C9H5FN2O. The molecule has 0 saturated heterocycles. The van der Waals surface area contributed by atoms with Crippen molar-refractivity contribution in [1.29, 1.82) is 0 Å². The molecule has 4 heteroatoms. The fourth-order valence-corrected chi connectivity index (χ4v) is 1.19. The number of isocyanates is 1. The Bertz CT molecular complexity index is 497. The van der Waals surface area contributed by atoms with Gasteiger partial charge in [-0.1, -0.05) is 0 Å². The lowest BCUT2D eigenvalue weighted by Crippen LogP contribution is -1.71. The summed E-state index contributed by atoms with van der Waals surface area (Å²) in [5.74, 6) is 0.0617. The topological polar surface area (TPSA) is 45.2 Å². The molecule has 1 N–H and O–H groups in total. The van der Waals surface area contributed by atoms with Crippen LogP contribution >= 0.6 is 0 Å². The Labute approximate surface area is 72.9 Å². The molecule has 0 aliphatic heterocycles. The van der Waals surface area contributed by atoms with Gasteiger partial charge in [0.25, 0.3) is 0 Å². The number of hydrogen-bond donors (Lipinski definition) is 1. The number of aliphatic imine (C=N–C) groups is 1. The van der Waals surface area contributed by atoms with E-state index >= 15 is 0 Å². The lowest BCUT2D eigenvalue weighted by molar-refractivity contribution is 0.565. The van der Waals surface area contributed by atoms with E-state index in [1.807, 2.05) is 0 Å². The SMILES string of the molecule is O=C=Nc1cc2ccc(F)cc2[nH]1. The second-order valence-corrected chi connectivity index (χ2v) is 2.59. The number of hydrogen-bond acceptors (Lipinski definition) is 2. The molecule has 2 aromatic rings. The monoisotopic (exact) mass is 176 g/mol. The minimum Gasteiger partial charge on any atom is -0.339 e. The third-order valence-corrected chi connectivity index (χ3v) is 1.74. The molecule has 13 heavy (non-hydrogen) atoms. The van der Waals surface area contributed by atoms with E-state index in [-0.39, 0.29) is 5.82 Å². The van der Waals surface area contributed by atoms with Crippen LogP contribution < -0.4 is 0 Å². The zero-order valence-corrected chi connectivity index (χ0v) is 6.54. The van der Waals surface area contributed by atoms with Crippen LogP contribution in [0.5, 0.6) is 0 Å². The molecule has 0 bridgehead atoms. The Kier molecular flexibility index (Phi) is 1.69. The van der Waals surface area contributed by atoms with Crippen molar-refractivity contribution in [2.45, 2.75) is 0 Å². The zero-order chi connectivity index (χ0) is 9.26. The molecule has 1 aromatic heterocycles. The van der Waals surface area contributed by atoms with E-state index in [1.165, 1.54) is 18.2 Å². The number of nitrogens with zero attached hydrogens (tertiary/aromatic N) is 1. The highest BCUT2D eigenvalue weighted by molar-refractivity contribution is 5.83. The maximum absolute atomic E-state index is 12.7. The van der Waals surface area contributed by atoms with Crippen molar-refractivity contribution in [3.8, 4) is 0 Å². The highest BCUT2D eigenvalue weighted by Gasteiger charge is 1.99. The summed E-state index contributed by atoms with van der Waals surface area (Å²) in [7, 11) is 0. The van der Waals surface area contributed by atoms with Gasteiger partial charge in [0, 0.05) is 10.9 Å². The van der Waals surface area contributed by atoms with E-state index < -0.39 is 0 Å². The van der Waals surface area contributed by atoms with Crippen LogP contribution in [0, 0.1) is 5.82 Å². The van der Waals surface area contributed by atoms with Gasteiger partial charge >= 0.3 is 0 Å². The second kappa shape index (κ2) is 2.84. The molecule has 0 radical (unpaired) electrons. The molecule has 0 saturated carbocycles. The largest absolute Gasteiger partial charge is 0.339 e. The average Bonchev–Trinajstić information content (AvgIpc) is 2.46. The van der Waals surface area contributed by atoms with Gasteiger partial charge < -0.3 is 4.98 Å². The summed E-state index contributed by atoms with van der Waals surface area (Å²) >= 11 is 0.